The lowest BCUT2D eigenvalue weighted by Gasteiger charge is -2.30. The molecule has 2 aliphatic rings. The summed E-state index contributed by atoms with van der Waals surface area (Å²) in [6.07, 6.45) is 4.68. The second kappa shape index (κ2) is 8.44. The summed E-state index contributed by atoms with van der Waals surface area (Å²) in [4.78, 5) is 27.8. The molecule has 1 atom stereocenters. The van der Waals surface area contributed by atoms with E-state index in [1.54, 1.807) is 17.0 Å². The Kier molecular flexibility index (Phi) is 5.90. The van der Waals surface area contributed by atoms with Gasteiger partial charge < -0.3 is 10.0 Å². The van der Waals surface area contributed by atoms with E-state index in [2.05, 4.69) is 6.92 Å². The van der Waals surface area contributed by atoms with E-state index >= 15 is 0 Å². The van der Waals surface area contributed by atoms with Crippen LogP contribution in [0, 0.1) is 0 Å². The molecule has 1 unspecified atom stereocenters. The summed E-state index contributed by atoms with van der Waals surface area (Å²) >= 11 is 12.1. The van der Waals surface area contributed by atoms with Gasteiger partial charge in [-0.1, -0.05) is 67.2 Å². The zero-order chi connectivity index (χ0) is 21.4. The van der Waals surface area contributed by atoms with Crippen LogP contribution in [0.2, 0.25) is 10.0 Å². The maximum absolute atomic E-state index is 13.1. The van der Waals surface area contributed by atoms with E-state index in [1.807, 2.05) is 24.3 Å². The Morgan fingerprint density at radius 1 is 1.03 bits per heavy atom. The highest BCUT2D eigenvalue weighted by molar-refractivity contribution is 6.47. The minimum absolute atomic E-state index is 0.00333. The highest BCUT2D eigenvalue weighted by atomic mass is 35.5. The van der Waals surface area contributed by atoms with Crippen LogP contribution in [0.5, 0.6) is 0 Å². The Morgan fingerprint density at radius 2 is 1.70 bits per heavy atom. The van der Waals surface area contributed by atoms with Gasteiger partial charge in [0.15, 0.2) is 0 Å². The fraction of sp³-hybridized carbons (Fsp3) is 0.333. The second-order valence-corrected chi connectivity index (χ2v) is 8.68. The van der Waals surface area contributed by atoms with Crippen molar-refractivity contribution in [2.75, 3.05) is 0 Å². The van der Waals surface area contributed by atoms with E-state index < -0.39 is 17.7 Å². The van der Waals surface area contributed by atoms with Crippen LogP contribution in [0.15, 0.2) is 48.0 Å². The summed E-state index contributed by atoms with van der Waals surface area (Å²) < 4.78 is 0. The van der Waals surface area contributed by atoms with Crippen molar-refractivity contribution < 1.29 is 14.7 Å². The maximum atomic E-state index is 13.1. The Balaban J connectivity index is 1.87. The zero-order valence-corrected chi connectivity index (χ0v) is 18.2. The number of ketones is 1. The standard InChI is InChI=1S/C24H23Cl2NO3/c1-2-14-7-9-15(10-8-14)21-20(22(28)16-11-12-18(25)19(26)13-16)23(29)24(30)27(21)17-5-3-4-6-17/h7-13,17,21,28H,2-6H2,1H3/b22-20-. The molecule has 1 heterocycles. The SMILES string of the molecule is CCc1ccc(C2/C(=C(/O)c3ccc(Cl)c(Cl)c3)C(=O)C(=O)N2C2CCCC2)cc1. The highest BCUT2D eigenvalue weighted by Crippen LogP contribution is 2.43. The molecule has 4 rings (SSSR count). The summed E-state index contributed by atoms with van der Waals surface area (Å²) in [7, 11) is 0. The Hall–Kier alpha value is -2.30. The Bertz CT molecular complexity index is 1020. The van der Waals surface area contributed by atoms with Crippen molar-refractivity contribution in [2.45, 2.75) is 51.1 Å². The van der Waals surface area contributed by atoms with Crippen LogP contribution < -0.4 is 0 Å². The predicted molar refractivity (Wildman–Crippen MR) is 119 cm³/mol. The number of aliphatic hydroxyl groups excluding tert-OH is 1. The molecule has 0 spiro atoms. The molecular weight excluding hydrogens is 421 g/mol. The van der Waals surface area contributed by atoms with Crippen molar-refractivity contribution in [3.05, 3.63) is 74.8 Å². The van der Waals surface area contributed by atoms with Crippen LogP contribution in [0.3, 0.4) is 0 Å². The van der Waals surface area contributed by atoms with Gasteiger partial charge in [-0.3, -0.25) is 9.59 Å². The molecular formula is C24H23Cl2NO3. The first-order valence-corrected chi connectivity index (χ1v) is 11.0. The molecule has 1 amide bonds. The number of carbonyl (C=O) groups is 2. The molecule has 156 valence electrons. The summed E-state index contributed by atoms with van der Waals surface area (Å²) in [5.41, 5.74) is 2.46. The van der Waals surface area contributed by atoms with Crippen molar-refractivity contribution in [3.63, 3.8) is 0 Å². The minimum atomic E-state index is -0.657. The number of rotatable bonds is 4. The number of amides is 1. The fourth-order valence-corrected chi connectivity index (χ4v) is 4.77. The van der Waals surface area contributed by atoms with Gasteiger partial charge in [0.2, 0.25) is 0 Å². The number of nitrogens with zero attached hydrogens (tertiary/aromatic N) is 1. The van der Waals surface area contributed by atoms with E-state index in [0.717, 1.165) is 37.7 Å². The van der Waals surface area contributed by atoms with Gasteiger partial charge in [0, 0.05) is 11.6 Å². The number of Topliss-reactive ketones (excluding diaryl/α,β-unsaturated/α-hetero) is 1. The van der Waals surface area contributed by atoms with Gasteiger partial charge in [0.05, 0.1) is 21.7 Å². The predicted octanol–water partition coefficient (Wildman–Crippen LogP) is 5.92. The van der Waals surface area contributed by atoms with E-state index in [0.29, 0.717) is 10.6 Å². The largest absolute Gasteiger partial charge is 0.507 e. The molecule has 4 nitrogen and oxygen atoms in total. The van der Waals surface area contributed by atoms with Crippen LogP contribution in [0.4, 0.5) is 0 Å². The van der Waals surface area contributed by atoms with Crippen molar-refractivity contribution >= 4 is 40.7 Å². The van der Waals surface area contributed by atoms with Crippen molar-refractivity contribution in [3.8, 4) is 0 Å². The monoisotopic (exact) mass is 443 g/mol. The summed E-state index contributed by atoms with van der Waals surface area (Å²) in [5, 5.41) is 11.7. The number of aryl methyl sites for hydroxylation is 1. The molecule has 30 heavy (non-hydrogen) atoms. The molecule has 1 aliphatic carbocycles. The van der Waals surface area contributed by atoms with Crippen LogP contribution in [-0.2, 0) is 16.0 Å². The second-order valence-electron chi connectivity index (χ2n) is 7.87. The minimum Gasteiger partial charge on any atom is -0.507 e. The number of likely N-dealkylation sites (tertiary alicyclic amines) is 1. The number of hydrogen-bond donors (Lipinski definition) is 1. The maximum Gasteiger partial charge on any atom is 0.295 e. The van der Waals surface area contributed by atoms with Crippen molar-refractivity contribution in [2.24, 2.45) is 0 Å². The highest BCUT2D eigenvalue weighted by Gasteiger charge is 2.49. The van der Waals surface area contributed by atoms with E-state index in [-0.39, 0.29) is 22.4 Å². The van der Waals surface area contributed by atoms with Crippen molar-refractivity contribution in [1.82, 2.24) is 4.90 Å². The molecule has 1 saturated heterocycles. The molecule has 2 aromatic rings. The van der Waals surface area contributed by atoms with Crippen molar-refractivity contribution in [1.29, 1.82) is 0 Å². The first kappa shape index (κ1) is 21.0. The molecule has 2 fully saturated rings. The van der Waals surface area contributed by atoms with Crippen LogP contribution in [0.25, 0.3) is 5.76 Å². The van der Waals surface area contributed by atoms with Gasteiger partial charge in [-0.2, -0.15) is 0 Å². The lowest BCUT2D eigenvalue weighted by atomic mass is 9.94. The normalized spacial score (nSPS) is 21.6. The van der Waals surface area contributed by atoms with E-state index in [4.69, 9.17) is 23.2 Å². The topological polar surface area (TPSA) is 57.6 Å². The van der Waals surface area contributed by atoms with Gasteiger partial charge >= 0.3 is 0 Å². The number of carbonyl (C=O) groups excluding carboxylic acids is 2. The third-order valence-electron chi connectivity index (χ3n) is 6.09. The third-order valence-corrected chi connectivity index (χ3v) is 6.83. The fourth-order valence-electron chi connectivity index (χ4n) is 4.47. The van der Waals surface area contributed by atoms with Gasteiger partial charge in [-0.25, -0.2) is 0 Å². The van der Waals surface area contributed by atoms with Gasteiger partial charge in [-0.05, 0) is 48.6 Å². The molecule has 1 saturated carbocycles. The number of benzene rings is 2. The number of hydrogen-bond acceptors (Lipinski definition) is 3. The van der Waals surface area contributed by atoms with Crippen LogP contribution >= 0.6 is 23.2 Å². The summed E-state index contributed by atoms with van der Waals surface area (Å²) in [6, 6.07) is 12.0. The van der Waals surface area contributed by atoms with E-state index in [9.17, 15) is 14.7 Å². The van der Waals surface area contributed by atoms with Gasteiger partial charge in [-0.15, -0.1) is 0 Å². The quantitative estimate of drug-likeness (QED) is 0.362. The molecule has 0 aromatic heterocycles. The molecule has 2 aromatic carbocycles. The lowest BCUT2D eigenvalue weighted by molar-refractivity contribution is -0.141. The van der Waals surface area contributed by atoms with Crippen LogP contribution in [-0.4, -0.2) is 27.7 Å². The van der Waals surface area contributed by atoms with E-state index in [1.165, 1.54) is 11.6 Å². The summed E-state index contributed by atoms with van der Waals surface area (Å²) in [5.74, 6) is -1.43. The molecule has 6 heteroatoms. The molecule has 0 bridgehead atoms. The van der Waals surface area contributed by atoms with Gasteiger partial charge in [0.25, 0.3) is 11.7 Å². The molecule has 0 radical (unpaired) electrons. The third kappa shape index (κ3) is 3.63. The van der Waals surface area contributed by atoms with Gasteiger partial charge in [0.1, 0.15) is 5.76 Å². The van der Waals surface area contributed by atoms with Crippen LogP contribution in [0.1, 0.15) is 55.3 Å². The molecule has 1 aliphatic heterocycles. The first-order chi connectivity index (χ1) is 14.4. The Labute approximate surface area is 186 Å². The first-order valence-electron chi connectivity index (χ1n) is 10.3. The lowest BCUT2D eigenvalue weighted by Crippen LogP contribution is -2.37. The average Bonchev–Trinajstić information content (AvgIpc) is 3.36. The smallest absolute Gasteiger partial charge is 0.295 e. The number of halogens is 2. The average molecular weight is 444 g/mol. The molecule has 1 N–H and O–H groups in total. The Morgan fingerprint density at radius 3 is 2.30 bits per heavy atom. The zero-order valence-electron chi connectivity index (χ0n) is 16.7. The summed E-state index contributed by atoms with van der Waals surface area (Å²) in [6.45, 7) is 2.07. The number of aliphatic hydroxyl groups is 1.